The smallest absolute Gasteiger partial charge is 0.138 e. The normalized spacial score (nSPS) is 12.5. The minimum Gasteiger partial charge on any atom is -0.226 e. The molecule has 0 atom stereocenters. The third-order valence-electron chi connectivity index (χ3n) is 2.19. The number of nitrogens with zero attached hydrogens (tertiary/aromatic N) is 3. The third-order valence-corrected chi connectivity index (χ3v) is 2.19. The summed E-state index contributed by atoms with van der Waals surface area (Å²) in [5.41, 5.74) is 1.40. The fraction of sp³-hybridized carbons (Fsp3) is 0.600. The minimum absolute atomic E-state index is 0.577. The number of aryl methyl sites for hydroxylation is 1. The molecule has 0 fully saturated rings. The monoisotopic (exact) mass is 179 g/mol. The van der Waals surface area contributed by atoms with Crippen LogP contribution in [0.3, 0.4) is 0 Å². The van der Waals surface area contributed by atoms with Crippen molar-refractivity contribution in [2.45, 2.75) is 34.1 Å². The second kappa shape index (κ2) is 4.21. The number of aromatic nitrogens is 3. The molecule has 1 aromatic rings. The summed E-state index contributed by atoms with van der Waals surface area (Å²) in [5.74, 6) is 1.51. The van der Waals surface area contributed by atoms with E-state index in [1.54, 1.807) is 6.33 Å². The van der Waals surface area contributed by atoms with Crippen LogP contribution in [-0.4, -0.2) is 14.8 Å². The van der Waals surface area contributed by atoms with Crippen molar-refractivity contribution in [3.05, 3.63) is 17.7 Å². The van der Waals surface area contributed by atoms with E-state index in [1.807, 2.05) is 11.6 Å². The zero-order valence-electron chi connectivity index (χ0n) is 8.78. The van der Waals surface area contributed by atoms with E-state index in [1.165, 1.54) is 5.57 Å². The summed E-state index contributed by atoms with van der Waals surface area (Å²) in [6.07, 6.45) is 4.73. The molecule has 1 aromatic heterocycles. The van der Waals surface area contributed by atoms with Gasteiger partial charge in [-0.05, 0) is 24.8 Å². The van der Waals surface area contributed by atoms with Crippen molar-refractivity contribution >= 4 is 6.20 Å². The number of allylic oxidation sites excluding steroid dienone is 1. The first kappa shape index (κ1) is 9.96. The quantitative estimate of drug-likeness (QED) is 0.713. The van der Waals surface area contributed by atoms with Gasteiger partial charge in [0.1, 0.15) is 12.2 Å². The largest absolute Gasteiger partial charge is 0.226 e. The van der Waals surface area contributed by atoms with Gasteiger partial charge in [0.05, 0.1) is 0 Å². The Bertz CT molecular complexity index is 297. The summed E-state index contributed by atoms with van der Waals surface area (Å²) < 4.78 is 1.83. The molecule has 3 heteroatoms. The molecule has 1 rings (SSSR count). The van der Waals surface area contributed by atoms with Crippen LogP contribution in [0.5, 0.6) is 0 Å². The van der Waals surface area contributed by atoms with Crippen LogP contribution in [0.1, 0.15) is 33.0 Å². The Morgan fingerprint density at radius 1 is 1.62 bits per heavy atom. The Kier molecular flexibility index (Phi) is 3.23. The van der Waals surface area contributed by atoms with Crippen LogP contribution in [0.15, 0.2) is 11.9 Å². The fourth-order valence-corrected chi connectivity index (χ4v) is 1.24. The lowest BCUT2D eigenvalue weighted by molar-refractivity contribution is 0.725. The van der Waals surface area contributed by atoms with Crippen molar-refractivity contribution in [3.8, 4) is 0 Å². The maximum absolute atomic E-state index is 4.12. The van der Waals surface area contributed by atoms with E-state index in [0.717, 1.165) is 12.2 Å². The van der Waals surface area contributed by atoms with Gasteiger partial charge in [0.15, 0.2) is 0 Å². The second-order valence-electron chi connectivity index (χ2n) is 3.46. The summed E-state index contributed by atoms with van der Waals surface area (Å²) in [6, 6.07) is 0. The molecule has 0 radical (unpaired) electrons. The maximum Gasteiger partial charge on any atom is 0.138 e. The molecule has 0 aromatic carbocycles. The topological polar surface area (TPSA) is 30.7 Å². The van der Waals surface area contributed by atoms with Crippen LogP contribution in [0.25, 0.3) is 6.20 Å². The zero-order valence-corrected chi connectivity index (χ0v) is 8.78. The highest BCUT2D eigenvalue weighted by atomic mass is 15.3. The minimum atomic E-state index is 0.577. The highest BCUT2D eigenvalue weighted by Crippen LogP contribution is 2.14. The van der Waals surface area contributed by atoms with E-state index in [0.29, 0.717) is 5.92 Å². The summed E-state index contributed by atoms with van der Waals surface area (Å²) in [5, 5.41) is 4.12. The molecule has 3 nitrogen and oxygen atoms in total. The lowest BCUT2D eigenvalue weighted by Gasteiger charge is -2.08. The molecule has 72 valence electrons. The Balaban J connectivity index is 2.91. The maximum atomic E-state index is 4.12. The Hall–Kier alpha value is -1.12. The standard InChI is InChI=1S/C10H17N3/c1-5-10(8(2)3)6-13-9(4)11-7-12-13/h6-8H,5H2,1-4H3/b10-6+. The molecular weight excluding hydrogens is 162 g/mol. The van der Waals surface area contributed by atoms with Gasteiger partial charge in [0, 0.05) is 6.20 Å². The van der Waals surface area contributed by atoms with Gasteiger partial charge < -0.3 is 0 Å². The average molecular weight is 179 g/mol. The first-order valence-electron chi connectivity index (χ1n) is 4.71. The molecule has 1 heterocycles. The van der Waals surface area contributed by atoms with Crippen LogP contribution in [0.4, 0.5) is 0 Å². The number of hydrogen-bond acceptors (Lipinski definition) is 2. The molecule has 0 aliphatic rings. The van der Waals surface area contributed by atoms with Crippen molar-refractivity contribution in [2.24, 2.45) is 5.92 Å². The van der Waals surface area contributed by atoms with Crippen LogP contribution in [0, 0.1) is 12.8 Å². The summed E-state index contributed by atoms with van der Waals surface area (Å²) in [6.45, 7) is 8.51. The Morgan fingerprint density at radius 3 is 2.69 bits per heavy atom. The van der Waals surface area contributed by atoms with Crippen molar-refractivity contribution in [2.75, 3.05) is 0 Å². The average Bonchev–Trinajstić information content (AvgIpc) is 2.46. The van der Waals surface area contributed by atoms with Gasteiger partial charge in [-0.3, -0.25) is 0 Å². The molecule has 0 saturated carbocycles. The van der Waals surface area contributed by atoms with Crippen molar-refractivity contribution in [3.63, 3.8) is 0 Å². The lowest BCUT2D eigenvalue weighted by Crippen LogP contribution is -1.99. The molecular formula is C10H17N3. The van der Waals surface area contributed by atoms with Gasteiger partial charge in [-0.15, -0.1) is 0 Å². The molecule has 13 heavy (non-hydrogen) atoms. The summed E-state index contributed by atoms with van der Waals surface area (Å²) in [4.78, 5) is 4.07. The van der Waals surface area contributed by atoms with Crippen LogP contribution >= 0.6 is 0 Å². The Morgan fingerprint density at radius 2 is 2.31 bits per heavy atom. The summed E-state index contributed by atoms with van der Waals surface area (Å²) >= 11 is 0. The fourth-order valence-electron chi connectivity index (χ4n) is 1.24. The van der Waals surface area contributed by atoms with Crippen LogP contribution in [0.2, 0.25) is 0 Å². The molecule has 0 aliphatic carbocycles. The SMILES string of the molecule is CC/C(=C\n1ncnc1C)C(C)C. The molecule has 0 spiro atoms. The highest BCUT2D eigenvalue weighted by molar-refractivity contribution is 5.30. The van der Waals surface area contributed by atoms with E-state index in [9.17, 15) is 0 Å². The molecule has 0 aliphatic heterocycles. The zero-order chi connectivity index (χ0) is 9.84. The second-order valence-corrected chi connectivity index (χ2v) is 3.46. The van der Waals surface area contributed by atoms with E-state index in [4.69, 9.17) is 0 Å². The van der Waals surface area contributed by atoms with Gasteiger partial charge in [-0.25, -0.2) is 9.67 Å². The highest BCUT2D eigenvalue weighted by Gasteiger charge is 2.02. The molecule has 0 saturated heterocycles. The van der Waals surface area contributed by atoms with Crippen LogP contribution in [-0.2, 0) is 0 Å². The Labute approximate surface area is 79.5 Å². The van der Waals surface area contributed by atoms with E-state index >= 15 is 0 Å². The number of rotatable bonds is 3. The predicted octanol–water partition coefficient (Wildman–Crippen LogP) is 2.49. The molecule has 0 unspecified atom stereocenters. The molecule has 0 amide bonds. The van der Waals surface area contributed by atoms with E-state index in [2.05, 4.69) is 37.1 Å². The van der Waals surface area contributed by atoms with Crippen molar-refractivity contribution in [1.82, 2.24) is 14.8 Å². The van der Waals surface area contributed by atoms with Crippen molar-refractivity contribution < 1.29 is 0 Å². The van der Waals surface area contributed by atoms with E-state index in [-0.39, 0.29) is 0 Å². The number of hydrogen-bond donors (Lipinski definition) is 0. The van der Waals surface area contributed by atoms with E-state index < -0.39 is 0 Å². The summed E-state index contributed by atoms with van der Waals surface area (Å²) in [7, 11) is 0. The van der Waals surface area contributed by atoms with Gasteiger partial charge in [-0.1, -0.05) is 20.8 Å². The molecule has 0 N–H and O–H groups in total. The van der Waals surface area contributed by atoms with Gasteiger partial charge in [0.25, 0.3) is 0 Å². The first-order valence-corrected chi connectivity index (χ1v) is 4.71. The van der Waals surface area contributed by atoms with Gasteiger partial charge >= 0.3 is 0 Å². The van der Waals surface area contributed by atoms with Crippen molar-refractivity contribution in [1.29, 1.82) is 0 Å². The first-order chi connectivity index (χ1) is 6.15. The lowest BCUT2D eigenvalue weighted by atomic mass is 10.0. The molecule has 0 bridgehead atoms. The van der Waals surface area contributed by atoms with Gasteiger partial charge in [0.2, 0.25) is 0 Å². The third kappa shape index (κ3) is 2.41. The predicted molar refractivity (Wildman–Crippen MR) is 54.2 cm³/mol. The van der Waals surface area contributed by atoms with Gasteiger partial charge in [-0.2, -0.15) is 5.10 Å². The van der Waals surface area contributed by atoms with Crippen LogP contribution < -0.4 is 0 Å².